The zero-order valence-corrected chi connectivity index (χ0v) is 16.7. The molecule has 6 nitrogen and oxygen atoms in total. The SMILES string of the molecule is CCCCOC(=O)C1=C(C)NC(=O)N[C@H]1c1ccccc1OCc1ccccc1. The quantitative estimate of drug-likeness (QED) is 0.519. The van der Waals surface area contributed by atoms with E-state index < -0.39 is 12.0 Å². The topological polar surface area (TPSA) is 76.7 Å². The molecule has 1 atom stereocenters. The van der Waals surface area contributed by atoms with E-state index in [1.54, 1.807) is 6.92 Å². The summed E-state index contributed by atoms with van der Waals surface area (Å²) in [5.74, 6) is 0.168. The fraction of sp³-hybridized carbons (Fsp3) is 0.304. The Balaban J connectivity index is 1.87. The van der Waals surface area contributed by atoms with Gasteiger partial charge in [0.1, 0.15) is 12.4 Å². The maximum absolute atomic E-state index is 12.8. The average molecular weight is 394 g/mol. The van der Waals surface area contributed by atoms with Gasteiger partial charge in [0.15, 0.2) is 0 Å². The summed E-state index contributed by atoms with van der Waals surface area (Å²) in [6.45, 7) is 4.47. The van der Waals surface area contributed by atoms with Gasteiger partial charge in [-0.15, -0.1) is 0 Å². The molecule has 6 heteroatoms. The highest BCUT2D eigenvalue weighted by molar-refractivity contribution is 5.95. The molecular weight excluding hydrogens is 368 g/mol. The highest BCUT2D eigenvalue weighted by Crippen LogP contribution is 2.34. The average Bonchev–Trinajstić information content (AvgIpc) is 2.72. The number of benzene rings is 2. The van der Waals surface area contributed by atoms with Crippen LogP contribution >= 0.6 is 0 Å². The molecule has 0 radical (unpaired) electrons. The van der Waals surface area contributed by atoms with Crippen LogP contribution < -0.4 is 15.4 Å². The second-order valence-corrected chi connectivity index (χ2v) is 6.87. The van der Waals surface area contributed by atoms with Crippen molar-refractivity contribution in [2.24, 2.45) is 0 Å². The summed E-state index contributed by atoms with van der Waals surface area (Å²) in [5.41, 5.74) is 2.61. The third-order valence-corrected chi connectivity index (χ3v) is 4.69. The van der Waals surface area contributed by atoms with Crippen molar-refractivity contribution in [1.29, 1.82) is 0 Å². The van der Waals surface area contributed by atoms with E-state index in [0.717, 1.165) is 18.4 Å². The number of esters is 1. The number of ether oxygens (including phenoxy) is 2. The van der Waals surface area contributed by atoms with Gasteiger partial charge in [0.25, 0.3) is 0 Å². The molecule has 0 fully saturated rings. The molecule has 1 aliphatic heterocycles. The van der Waals surface area contributed by atoms with Crippen LogP contribution in [-0.2, 0) is 16.1 Å². The van der Waals surface area contributed by atoms with Crippen LogP contribution in [0.5, 0.6) is 5.75 Å². The lowest BCUT2D eigenvalue weighted by Gasteiger charge is -2.29. The number of allylic oxidation sites excluding steroid dienone is 1. The van der Waals surface area contributed by atoms with Crippen LogP contribution in [0, 0.1) is 0 Å². The van der Waals surface area contributed by atoms with E-state index in [1.807, 2.05) is 61.5 Å². The first-order valence-corrected chi connectivity index (χ1v) is 9.81. The first-order valence-electron chi connectivity index (χ1n) is 9.81. The zero-order chi connectivity index (χ0) is 20.6. The maximum atomic E-state index is 12.8. The minimum atomic E-state index is -0.648. The fourth-order valence-corrected chi connectivity index (χ4v) is 3.17. The van der Waals surface area contributed by atoms with Crippen LogP contribution in [0.25, 0.3) is 0 Å². The minimum absolute atomic E-state index is 0.346. The summed E-state index contributed by atoms with van der Waals surface area (Å²) in [4.78, 5) is 24.9. The molecule has 1 heterocycles. The molecule has 3 rings (SSSR count). The third kappa shape index (κ3) is 5.16. The fourth-order valence-electron chi connectivity index (χ4n) is 3.17. The van der Waals surface area contributed by atoms with Crippen LogP contribution in [0.4, 0.5) is 4.79 Å². The summed E-state index contributed by atoms with van der Waals surface area (Å²) in [5, 5.41) is 5.50. The van der Waals surface area contributed by atoms with E-state index >= 15 is 0 Å². The number of nitrogens with one attached hydrogen (secondary N) is 2. The Morgan fingerprint density at radius 3 is 2.55 bits per heavy atom. The number of carbonyl (C=O) groups is 2. The molecule has 29 heavy (non-hydrogen) atoms. The van der Waals surface area contributed by atoms with Crippen LogP contribution in [0.3, 0.4) is 0 Å². The van der Waals surface area contributed by atoms with Gasteiger partial charge in [0.2, 0.25) is 0 Å². The molecule has 0 saturated carbocycles. The summed E-state index contributed by atoms with van der Waals surface area (Å²) in [7, 11) is 0. The Bertz CT molecular complexity index is 893. The number of para-hydroxylation sites is 1. The Kier molecular flexibility index (Phi) is 6.89. The molecule has 0 saturated heterocycles. The molecule has 1 aliphatic rings. The molecule has 2 amide bonds. The highest BCUT2D eigenvalue weighted by Gasteiger charge is 2.33. The number of hydrogen-bond acceptors (Lipinski definition) is 4. The molecule has 2 N–H and O–H groups in total. The standard InChI is InChI=1S/C23H26N2O4/c1-3-4-14-28-22(26)20-16(2)24-23(27)25-21(20)18-12-8-9-13-19(18)29-15-17-10-6-5-7-11-17/h5-13,21H,3-4,14-15H2,1-2H3,(H2,24,25,27)/t21-/m0/s1. The second kappa shape index (κ2) is 9.78. The minimum Gasteiger partial charge on any atom is -0.489 e. The van der Waals surface area contributed by atoms with E-state index in [9.17, 15) is 9.59 Å². The molecule has 0 aliphatic carbocycles. The summed E-state index contributed by atoms with van der Waals surface area (Å²) in [6, 6.07) is 16.2. The zero-order valence-electron chi connectivity index (χ0n) is 16.7. The van der Waals surface area contributed by atoms with Gasteiger partial charge in [-0.25, -0.2) is 9.59 Å². The van der Waals surface area contributed by atoms with E-state index in [4.69, 9.17) is 9.47 Å². The third-order valence-electron chi connectivity index (χ3n) is 4.69. The van der Waals surface area contributed by atoms with Crippen molar-refractivity contribution in [3.05, 3.63) is 77.0 Å². The largest absolute Gasteiger partial charge is 0.489 e. The van der Waals surface area contributed by atoms with Gasteiger partial charge in [-0.1, -0.05) is 61.9 Å². The Hall–Kier alpha value is -3.28. The summed E-state index contributed by atoms with van der Waals surface area (Å²) >= 11 is 0. The van der Waals surface area contributed by atoms with Crippen molar-refractivity contribution >= 4 is 12.0 Å². The smallest absolute Gasteiger partial charge is 0.338 e. The molecule has 0 unspecified atom stereocenters. The molecular formula is C23H26N2O4. The van der Waals surface area contributed by atoms with Crippen LogP contribution in [0.1, 0.15) is 43.9 Å². The van der Waals surface area contributed by atoms with Gasteiger partial charge in [0.05, 0.1) is 18.2 Å². The van der Waals surface area contributed by atoms with E-state index in [0.29, 0.717) is 35.8 Å². The van der Waals surface area contributed by atoms with Crippen LogP contribution in [0.15, 0.2) is 65.9 Å². The number of unbranched alkanes of at least 4 members (excludes halogenated alkanes) is 1. The van der Waals surface area contributed by atoms with Crippen LogP contribution in [-0.4, -0.2) is 18.6 Å². The van der Waals surface area contributed by atoms with E-state index in [2.05, 4.69) is 10.6 Å². The summed E-state index contributed by atoms with van der Waals surface area (Å²) < 4.78 is 11.4. The first kappa shape index (κ1) is 20.5. The monoisotopic (exact) mass is 394 g/mol. The number of hydrogen-bond donors (Lipinski definition) is 2. The number of carbonyl (C=O) groups excluding carboxylic acids is 2. The Morgan fingerprint density at radius 2 is 1.79 bits per heavy atom. The van der Waals surface area contributed by atoms with Crippen LogP contribution in [0.2, 0.25) is 0 Å². The predicted octanol–water partition coefficient (Wildman–Crippen LogP) is 4.24. The van der Waals surface area contributed by atoms with Crippen molar-refractivity contribution in [2.45, 2.75) is 39.3 Å². The highest BCUT2D eigenvalue weighted by atomic mass is 16.5. The second-order valence-electron chi connectivity index (χ2n) is 6.87. The van der Waals surface area contributed by atoms with Crippen molar-refractivity contribution in [1.82, 2.24) is 10.6 Å². The molecule has 152 valence electrons. The van der Waals surface area contributed by atoms with Gasteiger partial charge in [-0.05, 0) is 25.0 Å². The van der Waals surface area contributed by atoms with Crippen molar-refractivity contribution in [3.63, 3.8) is 0 Å². The maximum Gasteiger partial charge on any atom is 0.338 e. The molecule has 0 spiro atoms. The normalized spacial score (nSPS) is 16.1. The lowest BCUT2D eigenvalue weighted by atomic mass is 9.95. The van der Waals surface area contributed by atoms with Crippen molar-refractivity contribution < 1.29 is 19.1 Å². The Morgan fingerprint density at radius 1 is 1.07 bits per heavy atom. The van der Waals surface area contributed by atoms with E-state index in [1.165, 1.54) is 0 Å². The summed E-state index contributed by atoms with van der Waals surface area (Å²) in [6.07, 6.45) is 1.72. The van der Waals surface area contributed by atoms with Gasteiger partial charge in [0, 0.05) is 11.3 Å². The predicted molar refractivity (Wildman–Crippen MR) is 110 cm³/mol. The number of urea groups is 1. The number of rotatable bonds is 8. The van der Waals surface area contributed by atoms with Gasteiger partial charge in [-0.3, -0.25) is 0 Å². The van der Waals surface area contributed by atoms with Gasteiger partial charge >= 0.3 is 12.0 Å². The Labute approximate surface area is 170 Å². The van der Waals surface area contributed by atoms with Gasteiger partial charge in [-0.2, -0.15) is 0 Å². The first-order chi connectivity index (χ1) is 14.1. The molecule has 2 aromatic carbocycles. The lowest BCUT2D eigenvalue weighted by molar-refractivity contribution is -0.139. The molecule has 0 bridgehead atoms. The van der Waals surface area contributed by atoms with Gasteiger partial charge < -0.3 is 20.1 Å². The molecule has 2 aromatic rings. The van der Waals surface area contributed by atoms with Crippen molar-refractivity contribution in [3.8, 4) is 5.75 Å². The number of amides is 2. The van der Waals surface area contributed by atoms with Crippen molar-refractivity contribution in [2.75, 3.05) is 6.61 Å². The lowest BCUT2D eigenvalue weighted by Crippen LogP contribution is -2.45. The van der Waals surface area contributed by atoms with E-state index in [-0.39, 0.29) is 6.03 Å². The molecule has 0 aromatic heterocycles.